The van der Waals surface area contributed by atoms with Gasteiger partial charge in [-0.25, -0.2) is 12.8 Å². The van der Waals surface area contributed by atoms with E-state index in [1.165, 1.54) is 27.6 Å². The lowest BCUT2D eigenvalue weighted by Gasteiger charge is -2.35. The van der Waals surface area contributed by atoms with Gasteiger partial charge in [-0.05, 0) is 55.0 Å². The highest BCUT2D eigenvalue weighted by molar-refractivity contribution is 7.89. The average Bonchev–Trinajstić information content (AvgIpc) is 2.82. The van der Waals surface area contributed by atoms with Gasteiger partial charge in [-0.1, -0.05) is 31.2 Å². The molecule has 0 N–H and O–H groups in total. The summed E-state index contributed by atoms with van der Waals surface area (Å²) in [5, 5.41) is 0. The first-order valence-corrected chi connectivity index (χ1v) is 12.6. The highest BCUT2D eigenvalue weighted by atomic mass is 32.2. The molecule has 1 unspecified atom stereocenters. The highest BCUT2D eigenvalue weighted by Crippen LogP contribution is 2.27. The quantitative estimate of drug-likeness (QED) is 0.664. The van der Waals surface area contributed by atoms with Crippen molar-refractivity contribution in [1.82, 2.24) is 9.21 Å². The molecule has 172 valence electrons. The van der Waals surface area contributed by atoms with Crippen LogP contribution in [0.4, 0.5) is 4.39 Å². The summed E-state index contributed by atoms with van der Waals surface area (Å²) in [7, 11) is -3.82. The first kappa shape index (κ1) is 22.9. The van der Waals surface area contributed by atoms with Crippen LogP contribution in [0.3, 0.4) is 0 Å². The Morgan fingerprint density at radius 1 is 1.16 bits per heavy atom. The number of aryl methyl sites for hydroxylation is 1. The molecule has 6 nitrogen and oxygen atoms in total. The molecule has 0 bridgehead atoms. The average molecular weight is 461 g/mol. The van der Waals surface area contributed by atoms with E-state index in [1.54, 1.807) is 4.90 Å². The van der Waals surface area contributed by atoms with Crippen molar-refractivity contribution in [3.05, 3.63) is 65.0 Å². The molecular formula is C24H29FN2O4S. The third kappa shape index (κ3) is 4.58. The van der Waals surface area contributed by atoms with Gasteiger partial charge in [0.25, 0.3) is 5.91 Å². The SMILES string of the molecule is CCCN(C(=O)c1cc(S(=O)(=O)N2CCOCC2)ccc1F)C1CCc2ccccc2C1. The third-order valence-corrected chi connectivity index (χ3v) is 8.16. The summed E-state index contributed by atoms with van der Waals surface area (Å²) in [6.45, 7) is 3.59. The number of sulfonamides is 1. The number of hydrogen-bond acceptors (Lipinski definition) is 4. The fraction of sp³-hybridized carbons (Fsp3) is 0.458. The maximum atomic E-state index is 14.8. The molecule has 0 radical (unpaired) electrons. The van der Waals surface area contributed by atoms with E-state index in [9.17, 15) is 17.6 Å². The van der Waals surface area contributed by atoms with Crippen LogP contribution in [-0.2, 0) is 27.6 Å². The van der Waals surface area contributed by atoms with Crippen LogP contribution in [0.15, 0.2) is 47.4 Å². The first-order valence-electron chi connectivity index (χ1n) is 11.2. The molecule has 2 aliphatic rings. The molecule has 8 heteroatoms. The van der Waals surface area contributed by atoms with Gasteiger partial charge in [0.1, 0.15) is 5.82 Å². The molecule has 4 rings (SSSR count). The number of rotatable bonds is 6. The van der Waals surface area contributed by atoms with Crippen LogP contribution in [-0.4, -0.2) is 62.4 Å². The minimum atomic E-state index is -3.82. The standard InChI is InChI=1S/C24H29FN2O4S/c1-2-11-27(20-8-7-18-5-3-4-6-19(18)16-20)24(28)22-17-21(9-10-23(22)25)32(29,30)26-12-14-31-15-13-26/h3-6,9-10,17,20H,2,7-8,11-16H2,1H3. The fourth-order valence-corrected chi connectivity index (χ4v) is 5.99. The maximum Gasteiger partial charge on any atom is 0.257 e. The lowest BCUT2D eigenvalue weighted by Crippen LogP contribution is -2.44. The Bertz CT molecular complexity index is 1080. The number of amides is 1. The van der Waals surface area contributed by atoms with Crippen molar-refractivity contribution >= 4 is 15.9 Å². The predicted molar refractivity (Wildman–Crippen MR) is 120 cm³/mol. The second-order valence-corrected chi connectivity index (χ2v) is 10.3. The summed E-state index contributed by atoms with van der Waals surface area (Å²) in [6.07, 6.45) is 3.12. The van der Waals surface area contributed by atoms with Gasteiger partial charge in [0.15, 0.2) is 0 Å². The van der Waals surface area contributed by atoms with E-state index in [4.69, 9.17) is 4.74 Å². The molecule has 32 heavy (non-hydrogen) atoms. The fourth-order valence-electron chi connectivity index (χ4n) is 4.55. The van der Waals surface area contributed by atoms with E-state index < -0.39 is 21.7 Å². The second kappa shape index (κ2) is 9.68. The van der Waals surface area contributed by atoms with Gasteiger partial charge in [-0.15, -0.1) is 0 Å². The Balaban J connectivity index is 1.62. The Labute approximate surface area is 189 Å². The van der Waals surface area contributed by atoms with Gasteiger partial charge in [-0.3, -0.25) is 4.79 Å². The largest absolute Gasteiger partial charge is 0.379 e. The second-order valence-electron chi connectivity index (χ2n) is 8.32. The van der Waals surface area contributed by atoms with Gasteiger partial charge >= 0.3 is 0 Å². The summed E-state index contributed by atoms with van der Waals surface area (Å²) < 4.78 is 47.4. The van der Waals surface area contributed by atoms with Crippen LogP contribution >= 0.6 is 0 Å². The number of benzene rings is 2. The third-order valence-electron chi connectivity index (χ3n) is 6.26. The number of nitrogens with zero attached hydrogens (tertiary/aromatic N) is 2. The molecule has 1 heterocycles. The number of ether oxygens (including phenoxy) is 1. The molecule has 2 aromatic rings. The Hall–Kier alpha value is -2.29. The Morgan fingerprint density at radius 3 is 2.59 bits per heavy atom. The zero-order chi connectivity index (χ0) is 22.7. The Kier molecular flexibility index (Phi) is 6.93. The zero-order valence-electron chi connectivity index (χ0n) is 18.3. The van der Waals surface area contributed by atoms with Crippen LogP contribution < -0.4 is 0 Å². The number of hydrogen-bond donors (Lipinski definition) is 0. The monoisotopic (exact) mass is 460 g/mol. The molecule has 2 aromatic carbocycles. The lowest BCUT2D eigenvalue weighted by atomic mass is 9.87. The van der Waals surface area contributed by atoms with Crippen LogP contribution in [0.25, 0.3) is 0 Å². The topological polar surface area (TPSA) is 66.9 Å². The van der Waals surface area contributed by atoms with E-state index in [0.717, 1.165) is 31.7 Å². The van der Waals surface area contributed by atoms with E-state index in [2.05, 4.69) is 12.1 Å². The summed E-state index contributed by atoms with van der Waals surface area (Å²) >= 11 is 0. The van der Waals surface area contributed by atoms with Gasteiger partial charge in [0.05, 0.1) is 23.7 Å². The maximum absolute atomic E-state index is 14.8. The first-order chi connectivity index (χ1) is 15.4. The van der Waals surface area contributed by atoms with Crippen molar-refractivity contribution in [3.63, 3.8) is 0 Å². The smallest absolute Gasteiger partial charge is 0.257 e. The van der Waals surface area contributed by atoms with Crippen molar-refractivity contribution in [2.75, 3.05) is 32.8 Å². The number of fused-ring (bicyclic) bond motifs is 1. The minimum absolute atomic E-state index is 0.0451. The molecule has 1 aliphatic heterocycles. The van der Waals surface area contributed by atoms with Crippen LogP contribution in [0.5, 0.6) is 0 Å². The summed E-state index contributed by atoms with van der Waals surface area (Å²) in [5.74, 6) is -1.15. The van der Waals surface area contributed by atoms with Crippen LogP contribution in [0, 0.1) is 5.82 Å². The van der Waals surface area contributed by atoms with Gasteiger partial charge < -0.3 is 9.64 Å². The molecule has 0 spiro atoms. The molecule has 1 fully saturated rings. The summed E-state index contributed by atoms with van der Waals surface area (Å²) in [6, 6.07) is 11.7. The molecule has 0 aromatic heterocycles. The highest BCUT2D eigenvalue weighted by Gasteiger charge is 2.32. The van der Waals surface area contributed by atoms with E-state index in [0.29, 0.717) is 19.8 Å². The van der Waals surface area contributed by atoms with Crippen molar-refractivity contribution in [3.8, 4) is 0 Å². The number of carbonyl (C=O) groups excluding carboxylic acids is 1. The van der Waals surface area contributed by atoms with Crippen molar-refractivity contribution < 1.29 is 22.3 Å². The molecule has 1 atom stereocenters. The molecular weight excluding hydrogens is 431 g/mol. The molecule has 1 aliphatic carbocycles. The summed E-state index contributed by atoms with van der Waals surface area (Å²) in [5.41, 5.74) is 2.31. The van der Waals surface area contributed by atoms with Crippen molar-refractivity contribution in [2.45, 2.75) is 43.5 Å². The van der Waals surface area contributed by atoms with E-state index in [1.807, 2.05) is 19.1 Å². The summed E-state index contributed by atoms with van der Waals surface area (Å²) in [4.78, 5) is 15.1. The molecule has 0 saturated carbocycles. The molecule has 1 amide bonds. The van der Waals surface area contributed by atoms with Gasteiger partial charge in [-0.2, -0.15) is 4.31 Å². The predicted octanol–water partition coefficient (Wildman–Crippen LogP) is 3.26. The van der Waals surface area contributed by atoms with E-state index in [-0.39, 0.29) is 29.6 Å². The van der Waals surface area contributed by atoms with Crippen LogP contribution in [0.2, 0.25) is 0 Å². The number of morpholine rings is 1. The Morgan fingerprint density at radius 2 is 1.88 bits per heavy atom. The normalized spacial score (nSPS) is 19.4. The molecule has 1 saturated heterocycles. The number of halogens is 1. The van der Waals surface area contributed by atoms with Gasteiger partial charge in [0, 0.05) is 25.7 Å². The van der Waals surface area contributed by atoms with Crippen molar-refractivity contribution in [1.29, 1.82) is 0 Å². The number of carbonyl (C=O) groups is 1. The van der Waals surface area contributed by atoms with Crippen LogP contribution in [0.1, 0.15) is 41.3 Å². The minimum Gasteiger partial charge on any atom is -0.379 e. The zero-order valence-corrected chi connectivity index (χ0v) is 19.1. The lowest BCUT2D eigenvalue weighted by molar-refractivity contribution is 0.0656. The van der Waals surface area contributed by atoms with Crippen molar-refractivity contribution in [2.24, 2.45) is 0 Å². The van der Waals surface area contributed by atoms with E-state index >= 15 is 0 Å². The van der Waals surface area contributed by atoms with Gasteiger partial charge in [0.2, 0.25) is 10.0 Å².